The molecule has 0 unspecified atom stereocenters. The van der Waals surface area contributed by atoms with Gasteiger partial charge in [-0.1, -0.05) is 25.1 Å². The number of carbonyl (C=O) groups is 1. The highest BCUT2D eigenvalue weighted by molar-refractivity contribution is 7.08. The maximum atomic E-state index is 12.4. The number of thiophene rings is 1. The van der Waals surface area contributed by atoms with Crippen LogP contribution in [-0.2, 0) is 0 Å². The fourth-order valence-electron chi connectivity index (χ4n) is 2.26. The number of para-hydroxylation sites is 1. The van der Waals surface area contributed by atoms with Crippen LogP contribution in [0.3, 0.4) is 0 Å². The van der Waals surface area contributed by atoms with Crippen molar-refractivity contribution in [1.82, 2.24) is 10.3 Å². The zero-order valence-electron chi connectivity index (χ0n) is 11.8. The molecule has 21 heavy (non-hydrogen) atoms. The molecule has 0 spiro atoms. The third-order valence-corrected chi connectivity index (χ3v) is 4.00. The van der Waals surface area contributed by atoms with Gasteiger partial charge in [0.05, 0.1) is 16.8 Å². The van der Waals surface area contributed by atoms with Gasteiger partial charge >= 0.3 is 0 Å². The van der Waals surface area contributed by atoms with Gasteiger partial charge < -0.3 is 5.32 Å². The number of benzene rings is 1. The second kappa shape index (κ2) is 6.06. The lowest BCUT2D eigenvalue weighted by atomic mass is 10.0. The quantitative estimate of drug-likeness (QED) is 0.787. The van der Waals surface area contributed by atoms with Gasteiger partial charge in [-0.2, -0.15) is 11.3 Å². The molecule has 1 amide bonds. The third-order valence-electron chi connectivity index (χ3n) is 3.31. The van der Waals surface area contributed by atoms with E-state index in [1.54, 1.807) is 11.3 Å². The average Bonchev–Trinajstić information content (AvgIpc) is 3.06. The summed E-state index contributed by atoms with van der Waals surface area (Å²) in [5, 5.41) is 7.91. The number of carbonyl (C=O) groups excluding carboxylic acids is 1. The van der Waals surface area contributed by atoms with E-state index in [-0.39, 0.29) is 5.91 Å². The number of aromatic nitrogens is 1. The Morgan fingerprint density at radius 2 is 2.14 bits per heavy atom. The summed E-state index contributed by atoms with van der Waals surface area (Å²) in [6.07, 6.45) is 0.923. The molecule has 0 atom stereocenters. The standard InChI is InChI=1S/C17H16N2OS/c1-2-8-18-17(20)14-10-16(12-7-9-21-11-12)19-15-6-4-3-5-13(14)15/h3-7,9-11H,2,8H2,1H3,(H,18,20). The van der Waals surface area contributed by atoms with Gasteiger partial charge in [-0.05, 0) is 30.0 Å². The van der Waals surface area contributed by atoms with Crippen molar-refractivity contribution in [3.63, 3.8) is 0 Å². The fourth-order valence-corrected chi connectivity index (χ4v) is 2.90. The van der Waals surface area contributed by atoms with Crippen LogP contribution in [0.4, 0.5) is 0 Å². The van der Waals surface area contributed by atoms with Crippen molar-refractivity contribution in [2.75, 3.05) is 6.54 Å². The Balaban J connectivity index is 2.14. The maximum Gasteiger partial charge on any atom is 0.252 e. The summed E-state index contributed by atoms with van der Waals surface area (Å²) in [6.45, 7) is 2.73. The second-order valence-electron chi connectivity index (χ2n) is 4.84. The Kier molecular flexibility index (Phi) is 3.97. The molecule has 2 heterocycles. The van der Waals surface area contributed by atoms with Crippen LogP contribution < -0.4 is 5.32 Å². The van der Waals surface area contributed by atoms with Crippen molar-refractivity contribution >= 4 is 28.1 Å². The Hall–Kier alpha value is -2.20. The van der Waals surface area contributed by atoms with E-state index in [1.807, 2.05) is 54.1 Å². The maximum absolute atomic E-state index is 12.4. The van der Waals surface area contributed by atoms with Gasteiger partial charge in [0.1, 0.15) is 0 Å². The predicted molar refractivity (Wildman–Crippen MR) is 87.7 cm³/mol. The van der Waals surface area contributed by atoms with Crippen molar-refractivity contribution < 1.29 is 4.79 Å². The molecular weight excluding hydrogens is 280 g/mol. The highest BCUT2D eigenvalue weighted by Gasteiger charge is 2.13. The SMILES string of the molecule is CCCNC(=O)c1cc(-c2ccsc2)nc2ccccc12. The number of nitrogens with zero attached hydrogens (tertiary/aromatic N) is 1. The molecular formula is C17H16N2OS. The van der Waals surface area contributed by atoms with Crippen molar-refractivity contribution in [3.8, 4) is 11.3 Å². The van der Waals surface area contributed by atoms with E-state index in [2.05, 4.69) is 10.3 Å². The lowest BCUT2D eigenvalue weighted by Crippen LogP contribution is -2.24. The van der Waals surface area contributed by atoms with Crippen LogP contribution in [0, 0.1) is 0 Å². The Labute approximate surface area is 127 Å². The van der Waals surface area contributed by atoms with E-state index < -0.39 is 0 Å². The van der Waals surface area contributed by atoms with Gasteiger partial charge in [0.25, 0.3) is 5.91 Å². The lowest BCUT2D eigenvalue weighted by molar-refractivity contribution is 0.0955. The van der Waals surface area contributed by atoms with Crippen molar-refractivity contribution in [2.45, 2.75) is 13.3 Å². The largest absolute Gasteiger partial charge is 0.352 e. The molecule has 4 heteroatoms. The Bertz CT molecular complexity index is 766. The van der Waals surface area contributed by atoms with Crippen LogP contribution in [0.5, 0.6) is 0 Å². The van der Waals surface area contributed by atoms with Crippen molar-refractivity contribution in [2.24, 2.45) is 0 Å². The first-order valence-corrected chi connectivity index (χ1v) is 7.94. The van der Waals surface area contributed by atoms with E-state index in [0.717, 1.165) is 28.6 Å². The molecule has 0 radical (unpaired) electrons. The van der Waals surface area contributed by atoms with E-state index in [4.69, 9.17) is 0 Å². The van der Waals surface area contributed by atoms with E-state index >= 15 is 0 Å². The first-order valence-electron chi connectivity index (χ1n) is 7.00. The zero-order chi connectivity index (χ0) is 14.7. The third kappa shape index (κ3) is 2.81. The number of nitrogens with one attached hydrogen (secondary N) is 1. The van der Waals surface area contributed by atoms with Crippen LogP contribution in [0.1, 0.15) is 23.7 Å². The molecule has 0 aliphatic carbocycles. The smallest absolute Gasteiger partial charge is 0.252 e. The molecule has 0 aliphatic heterocycles. The molecule has 2 aromatic heterocycles. The zero-order valence-corrected chi connectivity index (χ0v) is 12.6. The minimum atomic E-state index is -0.0353. The molecule has 0 saturated carbocycles. The Morgan fingerprint density at radius 1 is 1.29 bits per heavy atom. The summed E-state index contributed by atoms with van der Waals surface area (Å²) in [5.74, 6) is -0.0353. The summed E-state index contributed by atoms with van der Waals surface area (Å²) in [6, 6.07) is 11.7. The van der Waals surface area contributed by atoms with Gasteiger partial charge in [0.15, 0.2) is 0 Å². The minimum Gasteiger partial charge on any atom is -0.352 e. The summed E-state index contributed by atoms with van der Waals surface area (Å²) in [5.41, 5.74) is 3.44. The Morgan fingerprint density at radius 3 is 2.90 bits per heavy atom. The number of fused-ring (bicyclic) bond motifs is 1. The predicted octanol–water partition coefficient (Wildman–Crippen LogP) is 4.10. The van der Waals surface area contributed by atoms with Crippen molar-refractivity contribution in [3.05, 3.63) is 52.7 Å². The fraction of sp³-hybridized carbons (Fsp3) is 0.176. The summed E-state index contributed by atoms with van der Waals surface area (Å²) < 4.78 is 0. The molecule has 0 saturated heterocycles. The van der Waals surface area contributed by atoms with Gasteiger partial charge in [-0.3, -0.25) is 4.79 Å². The molecule has 1 aromatic carbocycles. The number of hydrogen-bond donors (Lipinski definition) is 1. The van der Waals surface area contributed by atoms with Crippen LogP contribution >= 0.6 is 11.3 Å². The van der Waals surface area contributed by atoms with E-state index in [0.29, 0.717) is 12.1 Å². The molecule has 1 N–H and O–H groups in total. The number of hydrogen-bond acceptors (Lipinski definition) is 3. The lowest BCUT2D eigenvalue weighted by Gasteiger charge is -2.09. The highest BCUT2D eigenvalue weighted by atomic mass is 32.1. The van der Waals surface area contributed by atoms with Crippen LogP contribution in [0.15, 0.2) is 47.2 Å². The molecule has 0 aliphatic rings. The average molecular weight is 296 g/mol. The molecule has 3 nitrogen and oxygen atoms in total. The topological polar surface area (TPSA) is 42.0 Å². The number of amides is 1. The minimum absolute atomic E-state index is 0.0353. The first-order chi connectivity index (χ1) is 10.3. The van der Waals surface area contributed by atoms with Crippen LogP contribution in [-0.4, -0.2) is 17.4 Å². The summed E-state index contributed by atoms with van der Waals surface area (Å²) in [7, 11) is 0. The monoisotopic (exact) mass is 296 g/mol. The number of pyridine rings is 1. The molecule has 106 valence electrons. The van der Waals surface area contributed by atoms with Gasteiger partial charge in [-0.15, -0.1) is 0 Å². The van der Waals surface area contributed by atoms with Crippen LogP contribution in [0.25, 0.3) is 22.2 Å². The van der Waals surface area contributed by atoms with Crippen LogP contribution in [0.2, 0.25) is 0 Å². The highest BCUT2D eigenvalue weighted by Crippen LogP contribution is 2.26. The molecule has 0 fully saturated rings. The first kappa shape index (κ1) is 13.8. The summed E-state index contributed by atoms with van der Waals surface area (Å²) in [4.78, 5) is 17.1. The molecule has 3 aromatic rings. The van der Waals surface area contributed by atoms with E-state index in [9.17, 15) is 4.79 Å². The van der Waals surface area contributed by atoms with Gasteiger partial charge in [0, 0.05) is 22.9 Å². The molecule has 0 bridgehead atoms. The van der Waals surface area contributed by atoms with E-state index in [1.165, 1.54) is 0 Å². The van der Waals surface area contributed by atoms with Crippen molar-refractivity contribution in [1.29, 1.82) is 0 Å². The second-order valence-corrected chi connectivity index (χ2v) is 5.62. The normalized spacial score (nSPS) is 10.7. The van der Waals surface area contributed by atoms with Gasteiger partial charge in [0.2, 0.25) is 0 Å². The number of rotatable bonds is 4. The summed E-state index contributed by atoms with van der Waals surface area (Å²) >= 11 is 1.63. The molecule has 3 rings (SSSR count). The van der Waals surface area contributed by atoms with Gasteiger partial charge in [-0.25, -0.2) is 4.98 Å².